The Balaban J connectivity index is 2.28. The lowest BCUT2D eigenvalue weighted by Gasteiger charge is -2.22. The van der Waals surface area contributed by atoms with Crippen LogP contribution in [0.15, 0.2) is 11.6 Å². The molecule has 1 rings (SSSR count). The van der Waals surface area contributed by atoms with Crippen LogP contribution in [0, 0.1) is 0 Å². The number of ether oxygens (including phenoxy) is 2. The first-order valence-electron chi connectivity index (χ1n) is 6.31. The van der Waals surface area contributed by atoms with Gasteiger partial charge in [-0.05, 0) is 31.8 Å². The minimum absolute atomic E-state index is 0.245. The summed E-state index contributed by atoms with van der Waals surface area (Å²) in [5, 5.41) is 0. The molecule has 0 saturated carbocycles. The molecule has 1 fully saturated rings. The van der Waals surface area contributed by atoms with Gasteiger partial charge in [0.2, 0.25) is 0 Å². The van der Waals surface area contributed by atoms with Gasteiger partial charge in [-0.1, -0.05) is 6.08 Å². The van der Waals surface area contributed by atoms with Gasteiger partial charge in [0.05, 0.1) is 13.2 Å². The summed E-state index contributed by atoms with van der Waals surface area (Å²) in [5.41, 5.74) is 0.550. The van der Waals surface area contributed by atoms with Gasteiger partial charge in [0.1, 0.15) is 0 Å². The standard InChI is InChI=1S/C10H20O9P2/c1-9(5-7-17-10-4-2-3-6-16-10)8-18-21(14,15)19-20(11,12)13/h5,10H,2-4,6-8H2,1H3,(H,14,15)(H2,11,12,13). The van der Waals surface area contributed by atoms with Crippen LogP contribution in [0.3, 0.4) is 0 Å². The van der Waals surface area contributed by atoms with Gasteiger partial charge in [-0.3, -0.25) is 4.52 Å². The summed E-state index contributed by atoms with van der Waals surface area (Å²) in [7, 11) is -9.88. The Labute approximate surface area is 122 Å². The molecular weight excluding hydrogens is 326 g/mol. The molecule has 1 aliphatic rings. The molecule has 0 bridgehead atoms. The van der Waals surface area contributed by atoms with Crippen molar-refractivity contribution in [2.45, 2.75) is 32.5 Å². The van der Waals surface area contributed by atoms with Crippen molar-refractivity contribution >= 4 is 15.6 Å². The van der Waals surface area contributed by atoms with Gasteiger partial charge in [-0.15, -0.1) is 0 Å². The molecule has 2 unspecified atom stereocenters. The number of phosphoric ester groups is 1. The van der Waals surface area contributed by atoms with Crippen LogP contribution >= 0.6 is 15.6 Å². The van der Waals surface area contributed by atoms with Crippen molar-refractivity contribution in [3.05, 3.63) is 11.6 Å². The van der Waals surface area contributed by atoms with E-state index in [-0.39, 0.29) is 19.5 Å². The van der Waals surface area contributed by atoms with Gasteiger partial charge in [-0.25, -0.2) is 9.13 Å². The third kappa shape index (κ3) is 9.52. The molecule has 0 aromatic rings. The molecule has 0 spiro atoms. The van der Waals surface area contributed by atoms with E-state index in [1.807, 2.05) is 0 Å². The lowest BCUT2D eigenvalue weighted by molar-refractivity contribution is -0.155. The van der Waals surface area contributed by atoms with Crippen LogP contribution in [0.4, 0.5) is 0 Å². The molecule has 21 heavy (non-hydrogen) atoms. The Morgan fingerprint density at radius 1 is 1.33 bits per heavy atom. The maximum absolute atomic E-state index is 11.2. The summed E-state index contributed by atoms with van der Waals surface area (Å²) < 4.78 is 40.5. The van der Waals surface area contributed by atoms with E-state index < -0.39 is 15.6 Å². The molecule has 9 nitrogen and oxygen atoms in total. The number of phosphoric acid groups is 2. The second-order valence-electron chi connectivity index (χ2n) is 4.49. The quantitative estimate of drug-likeness (QED) is 0.444. The smallest absolute Gasteiger partial charge is 0.353 e. The SMILES string of the molecule is CC(=CCOC1CCCCO1)COP(=O)(O)OP(=O)(O)O. The summed E-state index contributed by atoms with van der Waals surface area (Å²) in [5.74, 6) is 0. The van der Waals surface area contributed by atoms with Crippen LogP contribution in [-0.2, 0) is 27.4 Å². The second kappa shape index (κ2) is 8.53. The monoisotopic (exact) mass is 346 g/mol. The zero-order valence-corrected chi connectivity index (χ0v) is 13.4. The first-order chi connectivity index (χ1) is 9.68. The fraction of sp³-hybridized carbons (Fsp3) is 0.800. The molecule has 1 saturated heterocycles. The van der Waals surface area contributed by atoms with E-state index in [0.29, 0.717) is 12.2 Å². The third-order valence-electron chi connectivity index (χ3n) is 2.52. The van der Waals surface area contributed by atoms with E-state index in [1.165, 1.54) is 0 Å². The van der Waals surface area contributed by atoms with Gasteiger partial charge < -0.3 is 24.2 Å². The highest BCUT2D eigenvalue weighted by Gasteiger charge is 2.32. The van der Waals surface area contributed by atoms with Crippen LogP contribution < -0.4 is 0 Å². The summed E-state index contributed by atoms with van der Waals surface area (Å²) in [6.45, 7) is 2.21. The number of rotatable bonds is 8. The van der Waals surface area contributed by atoms with E-state index in [0.717, 1.165) is 19.3 Å². The van der Waals surface area contributed by atoms with Crippen LogP contribution in [0.1, 0.15) is 26.2 Å². The summed E-state index contributed by atoms with van der Waals surface area (Å²) in [6, 6.07) is 0. The van der Waals surface area contributed by atoms with Crippen molar-refractivity contribution in [3.63, 3.8) is 0 Å². The Bertz CT molecular complexity index is 438. The minimum Gasteiger partial charge on any atom is -0.353 e. The van der Waals surface area contributed by atoms with Crippen molar-refractivity contribution in [2.24, 2.45) is 0 Å². The van der Waals surface area contributed by atoms with Crippen molar-refractivity contribution in [1.82, 2.24) is 0 Å². The van der Waals surface area contributed by atoms with Crippen LogP contribution in [0.5, 0.6) is 0 Å². The molecule has 0 aliphatic carbocycles. The van der Waals surface area contributed by atoms with E-state index in [9.17, 15) is 9.13 Å². The van der Waals surface area contributed by atoms with Crippen molar-refractivity contribution in [2.75, 3.05) is 19.8 Å². The average Bonchev–Trinajstić information content (AvgIpc) is 2.35. The third-order valence-corrected chi connectivity index (χ3v) is 4.65. The molecule has 1 aliphatic heterocycles. The van der Waals surface area contributed by atoms with Crippen molar-refractivity contribution in [3.8, 4) is 0 Å². The van der Waals surface area contributed by atoms with Gasteiger partial charge in [-0.2, -0.15) is 4.31 Å². The maximum Gasteiger partial charge on any atom is 0.481 e. The Morgan fingerprint density at radius 3 is 2.62 bits per heavy atom. The van der Waals surface area contributed by atoms with Crippen LogP contribution in [0.25, 0.3) is 0 Å². The van der Waals surface area contributed by atoms with Gasteiger partial charge in [0, 0.05) is 6.61 Å². The molecular formula is C10H20O9P2. The number of hydrogen-bond donors (Lipinski definition) is 3. The summed E-state index contributed by atoms with van der Waals surface area (Å²) in [4.78, 5) is 25.9. The lowest BCUT2D eigenvalue weighted by Crippen LogP contribution is -2.22. The molecule has 3 N–H and O–H groups in total. The molecule has 0 aromatic carbocycles. The zero-order valence-electron chi connectivity index (χ0n) is 11.6. The molecule has 124 valence electrons. The molecule has 2 atom stereocenters. The maximum atomic E-state index is 11.2. The zero-order chi connectivity index (χ0) is 15.9. The lowest BCUT2D eigenvalue weighted by atomic mass is 10.2. The first kappa shape index (κ1) is 19.0. The predicted octanol–water partition coefficient (Wildman–Crippen LogP) is 1.70. The molecule has 11 heteroatoms. The number of hydrogen-bond acceptors (Lipinski definition) is 6. The molecule has 0 amide bonds. The Morgan fingerprint density at radius 2 is 2.05 bits per heavy atom. The largest absolute Gasteiger partial charge is 0.481 e. The first-order valence-corrected chi connectivity index (χ1v) is 9.33. The van der Waals surface area contributed by atoms with E-state index in [2.05, 4.69) is 8.83 Å². The Hall–Kier alpha value is -0.0800. The van der Waals surface area contributed by atoms with Gasteiger partial charge >= 0.3 is 15.6 Å². The van der Waals surface area contributed by atoms with Crippen molar-refractivity contribution < 1.29 is 42.1 Å². The highest BCUT2D eigenvalue weighted by atomic mass is 31.3. The van der Waals surface area contributed by atoms with E-state index in [1.54, 1.807) is 13.0 Å². The summed E-state index contributed by atoms with van der Waals surface area (Å²) in [6.07, 6.45) is 4.27. The normalized spacial score (nSPS) is 23.8. The average molecular weight is 346 g/mol. The van der Waals surface area contributed by atoms with Crippen LogP contribution in [-0.4, -0.2) is 40.8 Å². The van der Waals surface area contributed by atoms with Crippen LogP contribution in [0.2, 0.25) is 0 Å². The highest BCUT2D eigenvalue weighted by Crippen LogP contribution is 2.57. The molecule has 0 aromatic heterocycles. The molecule has 1 heterocycles. The van der Waals surface area contributed by atoms with Gasteiger partial charge in [0.25, 0.3) is 0 Å². The minimum atomic E-state index is -5.09. The Kier molecular flexibility index (Phi) is 7.70. The van der Waals surface area contributed by atoms with E-state index >= 15 is 0 Å². The highest BCUT2D eigenvalue weighted by molar-refractivity contribution is 7.60. The second-order valence-corrected chi connectivity index (χ2v) is 7.32. The van der Waals surface area contributed by atoms with Crippen molar-refractivity contribution in [1.29, 1.82) is 0 Å². The fourth-order valence-corrected chi connectivity index (χ4v) is 3.17. The fourth-order valence-electron chi connectivity index (χ4n) is 1.54. The topological polar surface area (TPSA) is 132 Å². The predicted molar refractivity (Wildman–Crippen MR) is 72.2 cm³/mol. The molecule has 0 radical (unpaired) electrons. The van der Waals surface area contributed by atoms with E-state index in [4.69, 9.17) is 24.2 Å². The summed E-state index contributed by atoms with van der Waals surface area (Å²) >= 11 is 0. The van der Waals surface area contributed by atoms with Gasteiger partial charge in [0.15, 0.2) is 6.29 Å².